The van der Waals surface area contributed by atoms with Crippen molar-refractivity contribution in [2.24, 2.45) is 5.73 Å². The molecule has 76 valence electrons. The van der Waals surface area contributed by atoms with Crippen LogP contribution in [0.3, 0.4) is 0 Å². The maximum absolute atomic E-state index is 5.58. The molecule has 0 spiro atoms. The summed E-state index contributed by atoms with van der Waals surface area (Å²) in [6.45, 7) is 1.81. The van der Waals surface area contributed by atoms with Crippen molar-refractivity contribution in [2.45, 2.75) is 25.3 Å². The van der Waals surface area contributed by atoms with Crippen LogP contribution in [0.25, 0.3) is 0 Å². The van der Waals surface area contributed by atoms with E-state index in [1.165, 1.54) is 12.8 Å². The molecule has 2 rings (SSSR count). The van der Waals surface area contributed by atoms with Crippen LogP contribution in [0.1, 0.15) is 19.3 Å². The normalized spacial score (nSPS) is 21.5. The molecule has 0 radical (unpaired) electrons. The van der Waals surface area contributed by atoms with E-state index < -0.39 is 0 Å². The quantitative estimate of drug-likeness (QED) is 0.769. The van der Waals surface area contributed by atoms with Gasteiger partial charge < -0.3 is 10.6 Å². The van der Waals surface area contributed by atoms with Crippen LogP contribution < -0.4 is 10.6 Å². The minimum atomic E-state index is 0.544. The van der Waals surface area contributed by atoms with E-state index in [0.29, 0.717) is 6.04 Å². The zero-order valence-corrected chi connectivity index (χ0v) is 8.26. The van der Waals surface area contributed by atoms with E-state index in [1.807, 2.05) is 6.07 Å². The minimum absolute atomic E-state index is 0.544. The van der Waals surface area contributed by atoms with Gasteiger partial charge in [0.15, 0.2) is 0 Å². The summed E-state index contributed by atoms with van der Waals surface area (Å²) in [5.74, 6) is 0.850. The van der Waals surface area contributed by atoms with Crippen molar-refractivity contribution >= 4 is 5.95 Å². The van der Waals surface area contributed by atoms with Crippen molar-refractivity contribution < 1.29 is 0 Å². The number of nitrogens with zero attached hydrogens (tertiary/aromatic N) is 3. The molecule has 4 nitrogen and oxygen atoms in total. The lowest BCUT2D eigenvalue weighted by Gasteiger charge is -2.23. The Morgan fingerprint density at radius 1 is 1.43 bits per heavy atom. The first kappa shape index (κ1) is 9.40. The van der Waals surface area contributed by atoms with Crippen molar-refractivity contribution in [2.75, 3.05) is 18.0 Å². The van der Waals surface area contributed by atoms with Crippen LogP contribution in [0, 0.1) is 0 Å². The van der Waals surface area contributed by atoms with Crippen LogP contribution in [0.2, 0.25) is 0 Å². The van der Waals surface area contributed by atoms with E-state index >= 15 is 0 Å². The standard InChI is InChI=1S/C10H16N4/c11-5-4-9-3-1-8-14(9)10-12-6-2-7-13-10/h2,6-7,9H,1,3-5,8,11H2. The molecular weight excluding hydrogens is 176 g/mol. The predicted octanol–water partition coefficient (Wildman–Crippen LogP) is 0.794. The van der Waals surface area contributed by atoms with E-state index in [2.05, 4.69) is 14.9 Å². The number of aromatic nitrogens is 2. The van der Waals surface area contributed by atoms with Gasteiger partial charge in [-0.15, -0.1) is 0 Å². The highest BCUT2D eigenvalue weighted by Crippen LogP contribution is 2.23. The van der Waals surface area contributed by atoms with Gasteiger partial charge in [0, 0.05) is 25.0 Å². The van der Waals surface area contributed by atoms with Crippen LogP contribution in [0.5, 0.6) is 0 Å². The molecule has 2 N–H and O–H groups in total. The van der Waals surface area contributed by atoms with Gasteiger partial charge in [-0.05, 0) is 31.9 Å². The second-order valence-corrected chi connectivity index (χ2v) is 3.62. The summed E-state index contributed by atoms with van der Waals surface area (Å²) >= 11 is 0. The lowest BCUT2D eigenvalue weighted by molar-refractivity contribution is 0.609. The summed E-state index contributed by atoms with van der Waals surface area (Å²) < 4.78 is 0. The molecule has 2 heterocycles. The molecule has 1 fully saturated rings. The molecule has 0 aliphatic carbocycles. The lowest BCUT2D eigenvalue weighted by Crippen LogP contribution is -2.32. The van der Waals surface area contributed by atoms with Gasteiger partial charge in [-0.2, -0.15) is 0 Å². The summed E-state index contributed by atoms with van der Waals surface area (Å²) in [6.07, 6.45) is 7.07. The van der Waals surface area contributed by atoms with E-state index in [9.17, 15) is 0 Å². The molecule has 0 bridgehead atoms. The topological polar surface area (TPSA) is 55.0 Å². The Balaban J connectivity index is 2.10. The lowest BCUT2D eigenvalue weighted by atomic mass is 10.1. The first-order valence-corrected chi connectivity index (χ1v) is 5.15. The number of hydrogen-bond donors (Lipinski definition) is 1. The smallest absolute Gasteiger partial charge is 0.225 e. The maximum Gasteiger partial charge on any atom is 0.225 e. The van der Waals surface area contributed by atoms with Crippen LogP contribution in [-0.4, -0.2) is 29.1 Å². The number of hydrogen-bond acceptors (Lipinski definition) is 4. The van der Waals surface area contributed by atoms with Gasteiger partial charge in [0.25, 0.3) is 0 Å². The molecule has 1 aromatic rings. The van der Waals surface area contributed by atoms with E-state index in [1.54, 1.807) is 12.4 Å². The molecular formula is C10H16N4. The van der Waals surface area contributed by atoms with Crippen LogP contribution in [0.15, 0.2) is 18.5 Å². The molecule has 1 atom stereocenters. The minimum Gasteiger partial charge on any atom is -0.338 e. The van der Waals surface area contributed by atoms with E-state index in [4.69, 9.17) is 5.73 Å². The fourth-order valence-electron chi connectivity index (χ4n) is 2.03. The Morgan fingerprint density at radius 3 is 2.93 bits per heavy atom. The summed E-state index contributed by atoms with van der Waals surface area (Å²) in [4.78, 5) is 10.8. The predicted molar refractivity (Wildman–Crippen MR) is 56.1 cm³/mol. The summed E-state index contributed by atoms with van der Waals surface area (Å²) in [5.41, 5.74) is 5.58. The van der Waals surface area contributed by atoms with Gasteiger partial charge in [0.2, 0.25) is 5.95 Å². The second-order valence-electron chi connectivity index (χ2n) is 3.62. The Labute approximate surface area is 84.2 Å². The van der Waals surface area contributed by atoms with Crippen molar-refractivity contribution in [1.29, 1.82) is 0 Å². The van der Waals surface area contributed by atoms with Crippen LogP contribution in [0.4, 0.5) is 5.95 Å². The van der Waals surface area contributed by atoms with E-state index in [0.717, 1.165) is 25.5 Å². The third-order valence-electron chi connectivity index (χ3n) is 2.69. The van der Waals surface area contributed by atoms with Crippen molar-refractivity contribution in [3.8, 4) is 0 Å². The monoisotopic (exact) mass is 192 g/mol. The molecule has 0 saturated carbocycles. The summed E-state index contributed by atoms with van der Waals surface area (Å²) in [6, 6.07) is 2.39. The van der Waals surface area contributed by atoms with Crippen molar-refractivity contribution in [3.63, 3.8) is 0 Å². The first-order valence-electron chi connectivity index (χ1n) is 5.15. The molecule has 1 aromatic heterocycles. The molecule has 1 unspecified atom stereocenters. The van der Waals surface area contributed by atoms with Gasteiger partial charge in [0.05, 0.1) is 0 Å². The van der Waals surface area contributed by atoms with Gasteiger partial charge in [0.1, 0.15) is 0 Å². The molecule has 4 heteroatoms. The SMILES string of the molecule is NCCC1CCCN1c1ncccn1. The molecule has 0 aromatic carbocycles. The fourth-order valence-corrected chi connectivity index (χ4v) is 2.03. The number of nitrogens with two attached hydrogens (primary N) is 1. The molecule has 1 aliphatic heterocycles. The zero-order valence-electron chi connectivity index (χ0n) is 8.26. The summed E-state index contributed by atoms with van der Waals surface area (Å²) in [5, 5.41) is 0. The number of anilines is 1. The van der Waals surface area contributed by atoms with E-state index in [-0.39, 0.29) is 0 Å². The highest BCUT2D eigenvalue weighted by Gasteiger charge is 2.25. The largest absolute Gasteiger partial charge is 0.338 e. The third kappa shape index (κ3) is 1.85. The molecule has 1 saturated heterocycles. The Kier molecular flexibility index (Phi) is 2.93. The van der Waals surface area contributed by atoms with Crippen molar-refractivity contribution in [1.82, 2.24) is 9.97 Å². The Hall–Kier alpha value is -1.16. The highest BCUT2D eigenvalue weighted by molar-refractivity contribution is 5.32. The third-order valence-corrected chi connectivity index (χ3v) is 2.69. The zero-order chi connectivity index (χ0) is 9.80. The highest BCUT2D eigenvalue weighted by atomic mass is 15.3. The second kappa shape index (κ2) is 4.37. The Bertz CT molecular complexity index is 275. The average molecular weight is 192 g/mol. The first-order chi connectivity index (χ1) is 6.92. The van der Waals surface area contributed by atoms with Crippen molar-refractivity contribution in [3.05, 3.63) is 18.5 Å². The van der Waals surface area contributed by atoms with Crippen LogP contribution >= 0.6 is 0 Å². The molecule has 14 heavy (non-hydrogen) atoms. The van der Waals surface area contributed by atoms with Gasteiger partial charge in [-0.3, -0.25) is 0 Å². The van der Waals surface area contributed by atoms with Gasteiger partial charge in [-0.25, -0.2) is 9.97 Å². The number of rotatable bonds is 3. The summed E-state index contributed by atoms with van der Waals surface area (Å²) in [7, 11) is 0. The molecule has 1 aliphatic rings. The maximum atomic E-state index is 5.58. The average Bonchev–Trinajstić information content (AvgIpc) is 2.68. The van der Waals surface area contributed by atoms with Crippen LogP contribution in [-0.2, 0) is 0 Å². The fraction of sp³-hybridized carbons (Fsp3) is 0.600. The van der Waals surface area contributed by atoms with Gasteiger partial charge >= 0.3 is 0 Å². The molecule has 0 amide bonds. The van der Waals surface area contributed by atoms with Gasteiger partial charge in [-0.1, -0.05) is 0 Å². The Morgan fingerprint density at radius 2 is 2.21 bits per heavy atom.